The lowest BCUT2D eigenvalue weighted by Gasteiger charge is -2.35. The number of rotatable bonds is 5. The maximum Gasteiger partial charge on any atom is 0.134 e. The van der Waals surface area contributed by atoms with Gasteiger partial charge in [0, 0.05) is 0 Å². The van der Waals surface area contributed by atoms with Crippen LogP contribution in [0.5, 0.6) is 0 Å². The lowest BCUT2D eigenvalue weighted by Crippen LogP contribution is -2.31. The summed E-state index contributed by atoms with van der Waals surface area (Å²) in [7, 11) is 3.82. The summed E-state index contributed by atoms with van der Waals surface area (Å²) in [6.45, 7) is 0. The SMILES string of the molecule is [BH3-][P+](C[BH2-]N(C)C)(c1ccccc1)c1ccccc1. The van der Waals surface area contributed by atoms with E-state index in [9.17, 15) is 0 Å². The molecule has 100 valence electrons. The molecule has 2 aromatic carbocycles. The summed E-state index contributed by atoms with van der Waals surface area (Å²) < 4.78 is 0. The maximum absolute atomic E-state index is 2.45. The van der Waals surface area contributed by atoms with E-state index in [-0.39, 0.29) is 15.0 Å². The van der Waals surface area contributed by atoms with E-state index in [0.717, 1.165) is 0 Å². The predicted octanol–water partition coefficient (Wildman–Crippen LogP) is 0.538. The summed E-state index contributed by atoms with van der Waals surface area (Å²) in [5, 5.41) is 3.29. The van der Waals surface area contributed by atoms with E-state index in [0.29, 0.717) is 0 Å². The van der Waals surface area contributed by atoms with Crippen LogP contribution in [-0.4, -0.2) is 39.9 Å². The highest BCUT2D eigenvalue weighted by Gasteiger charge is 2.26. The van der Waals surface area contributed by atoms with Gasteiger partial charge in [0.2, 0.25) is 0 Å². The average Bonchev–Trinajstić information content (AvgIpc) is 2.46. The van der Waals surface area contributed by atoms with Crippen LogP contribution in [0.25, 0.3) is 0 Å². The summed E-state index contributed by atoms with van der Waals surface area (Å²) in [5.74, 6) is 0. The molecule has 0 heterocycles. The van der Waals surface area contributed by atoms with Crippen LogP contribution in [0.1, 0.15) is 0 Å². The smallest absolute Gasteiger partial charge is 0.134 e. The third-order valence-electron chi connectivity index (χ3n) is 3.23. The molecule has 0 radical (unpaired) electrons. The van der Waals surface area contributed by atoms with Gasteiger partial charge in [-0.3, -0.25) is 0 Å². The normalized spacial score (nSPS) is 11.8. The van der Waals surface area contributed by atoms with Gasteiger partial charge in [-0.2, -0.15) is 0 Å². The van der Waals surface area contributed by atoms with Gasteiger partial charge in [-0.15, -0.1) is 7.14 Å². The van der Waals surface area contributed by atoms with Gasteiger partial charge in [0.25, 0.3) is 0 Å². The fraction of sp³-hybridized carbons (Fsp3) is 0.200. The molecule has 0 aliphatic heterocycles. The maximum atomic E-state index is 2.45. The molecule has 0 unspecified atom stereocenters. The Labute approximate surface area is 119 Å². The van der Waals surface area contributed by atoms with Gasteiger partial charge in [-0.1, -0.05) is 56.6 Å². The van der Waals surface area contributed by atoms with Crippen molar-refractivity contribution in [3.05, 3.63) is 60.7 Å². The van der Waals surface area contributed by atoms with Crippen LogP contribution in [0.4, 0.5) is 0 Å². The van der Waals surface area contributed by atoms with Crippen LogP contribution in [-0.2, 0) is 0 Å². The second kappa shape index (κ2) is 6.41. The predicted molar refractivity (Wildman–Crippen MR) is 96.1 cm³/mol. The molecule has 2 rings (SSSR count). The molecule has 0 atom stereocenters. The van der Waals surface area contributed by atoms with E-state index in [1.165, 1.54) is 6.06 Å². The van der Waals surface area contributed by atoms with Crippen molar-refractivity contribution in [2.75, 3.05) is 20.2 Å². The largest absolute Gasteiger partial charge is 0.482 e. The molecule has 0 aliphatic carbocycles. The van der Waals surface area contributed by atoms with Gasteiger partial charge in [-0.25, -0.2) is 0 Å². The fourth-order valence-electron chi connectivity index (χ4n) is 2.15. The molecular formula is C15H23B2NP-. The van der Waals surface area contributed by atoms with Crippen LogP contribution >= 0.6 is 7.14 Å². The van der Waals surface area contributed by atoms with Crippen molar-refractivity contribution < 1.29 is 0 Å². The topological polar surface area (TPSA) is 3.24 Å². The third kappa shape index (κ3) is 3.49. The van der Waals surface area contributed by atoms with Crippen LogP contribution in [0.15, 0.2) is 60.7 Å². The molecule has 0 amide bonds. The van der Waals surface area contributed by atoms with Gasteiger partial charge in [0.15, 0.2) is 0 Å². The minimum Gasteiger partial charge on any atom is -0.482 e. The second-order valence-corrected chi connectivity index (χ2v) is 7.59. The highest BCUT2D eigenvalue weighted by Crippen LogP contribution is 2.50. The first-order valence-corrected chi connectivity index (χ1v) is 8.16. The number of nitrogens with zero attached hydrogens (tertiary/aromatic N) is 1. The van der Waals surface area contributed by atoms with Crippen molar-refractivity contribution in [3.8, 4) is 0 Å². The van der Waals surface area contributed by atoms with E-state index in [1.54, 1.807) is 10.6 Å². The Morgan fingerprint density at radius 1 is 0.895 bits per heavy atom. The summed E-state index contributed by atoms with van der Waals surface area (Å²) in [6.07, 6.45) is 0. The first-order chi connectivity index (χ1) is 9.13. The van der Waals surface area contributed by atoms with E-state index in [4.69, 9.17) is 0 Å². The highest BCUT2D eigenvalue weighted by molar-refractivity contribution is 8.09. The number of hydrogen-bond donors (Lipinski definition) is 0. The summed E-state index contributed by atoms with van der Waals surface area (Å²) in [4.78, 5) is 2.45. The minimum atomic E-state index is -0.964. The first-order valence-electron chi connectivity index (χ1n) is 6.63. The van der Waals surface area contributed by atoms with Gasteiger partial charge < -0.3 is 4.81 Å². The summed E-state index contributed by atoms with van der Waals surface area (Å²) in [5.41, 5.74) is 0. The standard InChI is InChI=1S/C15H23B2NP/c1-18(2)17-13-19(16,14-9-5-3-6-10-14)15-11-7-4-8-12-15/h3-12H,13,17H2,1-2,16H3/q-1. The zero-order valence-corrected chi connectivity index (χ0v) is 12.3. The lowest BCUT2D eigenvalue weighted by atomic mass is 9.98. The van der Waals surface area contributed by atoms with Crippen LogP contribution in [0.3, 0.4) is 0 Å². The van der Waals surface area contributed by atoms with Gasteiger partial charge in [0.1, 0.15) is 7.57 Å². The van der Waals surface area contributed by atoms with E-state index in [1.807, 2.05) is 0 Å². The third-order valence-corrected chi connectivity index (χ3v) is 5.98. The number of hydrogen-bond acceptors (Lipinski definition) is 1. The Balaban J connectivity index is 2.39. The zero-order chi connectivity index (χ0) is 13.7. The monoisotopic (exact) mass is 270 g/mol. The summed E-state index contributed by atoms with van der Waals surface area (Å²) >= 11 is 0. The molecule has 0 saturated heterocycles. The molecular weight excluding hydrogens is 247 g/mol. The Hall–Kier alpha value is -1.04. The van der Waals surface area contributed by atoms with Crippen molar-refractivity contribution in [1.29, 1.82) is 0 Å². The first kappa shape index (κ1) is 14.4. The Morgan fingerprint density at radius 2 is 1.32 bits per heavy atom. The van der Waals surface area contributed by atoms with Gasteiger partial charge in [-0.05, 0) is 24.3 Å². The second-order valence-electron chi connectivity index (χ2n) is 5.07. The van der Waals surface area contributed by atoms with E-state index in [2.05, 4.69) is 79.6 Å². The summed E-state index contributed by atoms with van der Waals surface area (Å²) in [6, 6.07) is 24.1. The fourth-order valence-corrected chi connectivity index (χ4v) is 5.10. The van der Waals surface area contributed by atoms with Crippen LogP contribution < -0.4 is 10.6 Å². The lowest BCUT2D eigenvalue weighted by molar-refractivity contribution is 0.664. The number of benzene rings is 2. The molecule has 0 aromatic heterocycles. The average molecular weight is 270 g/mol. The molecule has 0 spiro atoms. The molecule has 0 aliphatic rings. The van der Waals surface area contributed by atoms with Crippen molar-refractivity contribution >= 4 is 32.7 Å². The molecule has 0 fully saturated rings. The highest BCUT2D eigenvalue weighted by atomic mass is 31.2. The van der Waals surface area contributed by atoms with Crippen LogP contribution in [0.2, 0.25) is 0 Å². The Kier molecular flexibility index (Phi) is 4.85. The molecule has 2 aromatic rings. The van der Waals surface area contributed by atoms with Gasteiger partial charge in [0.05, 0.1) is 18.0 Å². The van der Waals surface area contributed by atoms with Crippen molar-refractivity contribution in [2.45, 2.75) is 0 Å². The van der Waals surface area contributed by atoms with Crippen LogP contribution in [0, 0.1) is 0 Å². The van der Waals surface area contributed by atoms with Crippen molar-refractivity contribution in [1.82, 2.24) is 4.81 Å². The molecule has 0 bridgehead atoms. The quantitative estimate of drug-likeness (QED) is 0.566. The van der Waals surface area contributed by atoms with Crippen molar-refractivity contribution in [2.24, 2.45) is 0 Å². The zero-order valence-electron chi connectivity index (χ0n) is 11.4. The molecule has 1 nitrogen and oxygen atoms in total. The van der Waals surface area contributed by atoms with Crippen molar-refractivity contribution in [3.63, 3.8) is 0 Å². The minimum absolute atomic E-state index is 0.0291. The van der Waals surface area contributed by atoms with Gasteiger partial charge >= 0.3 is 0 Å². The molecule has 4 heteroatoms. The molecule has 0 saturated carbocycles. The molecule has 19 heavy (non-hydrogen) atoms. The Morgan fingerprint density at radius 3 is 1.68 bits per heavy atom. The Bertz CT molecular complexity index is 463. The van der Waals surface area contributed by atoms with E-state index >= 15 is 0 Å². The molecule has 0 N–H and O–H groups in total. The van der Waals surface area contributed by atoms with E-state index < -0.39 is 7.14 Å².